The minimum absolute atomic E-state index is 0.156. The van der Waals surface area contributed by atoms with Crippen molar-refractivity contribution in [1.29, 1.82) is 0 Å². The van der Waals surface area contributed by atoms with Crippen LogP contribution in [0.5, 0.6) is 0 Å². The Hall–Kier alpha value is -1.99. The number of rotatable bonds is 4. The smallest absolute Gasteiger partial charge is 0.233 e. The predicted octanol–water partition coefficient (Wildman–Crippen LogP) is 3.58. The monoisotopic (exact) mass is 370 g/mol. The molecule has 25 heavy (non-hydrogen) atoms. The highest BCUT2D eigenvalue weighted by Gasteiger charge is 2.27. The second kappa shape index (κ2) is 7.49. The Labute approximate surface area is 154 Å². The highest BCUT2D eigenvalue weighted by Crippen LogP contribution is 2.33. The van der Waals surface area contributed by atoms with Crippen molar-refractivity contribution in [3.63, 3.8) is 0 Å². The van der Waals surface area contributed by atoms with Gasteiger partial charge in [-0.3, -0.25) is 4.79 Å². The number of likely N-dealkylation sites (tertiary alicyclic amines) is 1. The molecule has 5 nitrogen and oxygen atoms in total. The number of benzene rings is 1. The molecule has 1 aromatic carbocycles. The maximum atomic E-state index is 12.6. The van der Waals surface area contributed by atoms with Crippen molar-refractivity contribution in [2.45, 2.75) is 23.9 Å². The molecule has 128 valence electrons. The van der Waals surface area contributed by atoms with Crippen LogP contribution in [-0.2, 0) is 4.79 Å². The molecule has 0 N–H and O–H groups in total. The molecule has 1 aliphatic heterocycles. The van der Waals surface area contributed by atoms with Gasteiger partial charge in [0, 0.05) is 31.4 Å². The van der Waals surface area contributed by atoms with E-state index in [4.69, 9.17) is 4.98 Å². The fraction of sp³-hybridized carbons (Fsp3) is 0.333. The van der Waals surface area contributed by atoms with Crippen molar-refractivity contribution in [1.82, 2.24) is 19.9 Å². The zero-order valence-electron chi connectivity index (χ0n) is 13.7. The average Bonchev–Trinajstić information content (AvgIpc) is 3.11. The minimum Gasteiger partial charge on any atom is -0.341 e. The summed E-state index contributed by atoms with van der Waals surface area (Å²) in [6.45, 7) is 1.59. The summed E-state index contributed by atoms with van der Waals surface area (Å²) in [5.74, 6) is 0.882. The van der Waals surface area contributed by atoms with Gasteiger partial charge in [-0.1, -0.05) is 23.9 Å². The number of thiazole rings is 1. The number of piperidine rings is 1. The van der Waals surface area contributed by atoms with Crippen LogP contribution < -0.4 is 0 Å². The lowest BCUT2D eigenvalue weighted by Crippen LogP contribution is -2.40. The van der Waals surface area contributed by atoms with Crippen LogP contribution in [0.3, 0.4) is 0 Å². The van der Waals surface area contributed by atoms with Crippen LogP contribution in [0, 0.1) is 0 Å². The molecule has 0 aliphatic carbocycles. The molecule has 1 amide bonds. The van der Waals surface area contributed by atoms with Crippen LogP contribution in [0.4, 0.5) is 0 Å². The third-order valence-electron chi connectivity index (χ3n) is 4.30. The summed E-state index contributed by atoms with van der Waals surface area (Å²) in [5.41, 5.74) is 1.06. The number of para-hydroxylation sites is 1. The van der Waals surface area contributed by atoms with Crippen LogP contribution in [0.2, 0.25) is 0 Å². The first kappa shape index (κ1) is 16.5. The molecule has 1 aliphatic rings. The van der Waals surface area contributed by atoms with Crippen LogP contribution >= 0.6 is 23.1 Å². The second-order valence-corrected chi connectivity index (χ2v) is 8.02. The van der Waals surface area contributed by atoms with Crippen LogP contribution in [-0.4, -0.2) is 44.6 Å². The number of thioether (sulfide) groups is 1. The molecule has 1 saturated heterocycles. The van der Waals surface area contributed by atoms with Crippen molar-refractivity contribution in [2.75, 3.05) is 18.8 Å². The van der Waals surface area contributed by atoms with Gasteiger partial charge < -0.3 is 4.90 Å². The van der Waals surface area contributed by atoms with E-state index in [0.29, 0.717) is 16.8 Å². The predicted molar refractivity (Wildman–Crippen MR) is 101 cm³/mol. The number of nitrogens with zero attached hydrogens (tertiary/aromatic N) is 4. The molecule has 0 spiro atoms. The molecule has 0 saturated carbocycles. The first-order valence-corrected chi connectivity index (χ1v) is 10.1. The second-order valence-electron chi connectivity index (χ2n) is 6.02. The molecule has 0 radical (unpaired) electrons. The van der Waals surface area contributed by atoms with Crippen molar-refractivity contribution >= 4 is 39.2 Å². The molecular weight excluding hydrogens is 352 g/mol. The van der Waals surface area contributed by atoms with Gasteiger partial charge in [-0.15, -0.1) is 11.3 Å². The van der Waals surface area contributed by atoms with Crippen LogP contribution in [0.15, 0.2) is 47.9 Å². The first-order valence-electron chi connectivity index (χ1n) is 8.32. The average molecular weight is 371 g/mol. The molecule has 3 aromatic rings. The quantitative estimate of drug-likeness (QED) is 0.519. The summed E-state index contributed by atoms with van der Waals surface area (Å²) in [4.78, 5) is 27.6. The summed E-state index contributed by atoms with van der Waals surface area (Å²) in [6, 6.07) is 10.0. The Bertz CT molecular complexity index is 835. The molecular formula is C18H18N4OS2. The van der Waals surface area contributed by atoms with Crippen LogP contribution in [0.1, 0.15) is 23.8 Å². The molecule has 1 fully saturated rings. The third-order valence-corrected chi connectivity index (χ3v) is 6.36. The highest BCUT2D eigenvalue weighted by molar-refractivity contribution is 7.99. The lowest BCUT2D eigenvalue weighted by Gasteiger charge is -2.31. The fourth-order valence-electron chi connectivity index (χ4n) is 3.05. The van der Waals surface area contributed by atoms with Crippen molar-refractivity contribution in [2.24, 2.45) is 0 Å². The zero-order valence-corrected chi connectivity index (χ0v) is 15.3. The molecule has 0 bridgehead atoms. The molecule has 4 rings (SSSR count). The van der Waals surface area contributed by atoms with E-state index in [0.717, 1.165) is 36.5 Å². The van der Waals surface area contributed by atoms with Crippen molar-refractivity contribution in [3.8, 4) is 0 Å². The number of carbonyl (C=O) groups is 1. The van der Waals surface area contributed by atoms with Gasteiger partial charge in [0.25, 0.3) is 0 Å². The van der Waals surface area contributed by atoms with Gasteiger partial charge in [0.05, 0.1) is 21.0 Å². The molecule has 2 aromatic heterocycles. The van der Waals surface area contributed by atoms with Crippen molar-refractivity contribution in [3.05, 3.63) is 47.7 Å². The zero-order chi connectivity index (χ0) is 17.1. The Morgan fingerprint density at radius 3 is 2.92 bits per heavy atom. The summed E-state index contributed by atoms with van der Waals surface area (Å²) >= 11 is 3.15. The van der Waals surface area contributed by atoms with E-state index in [2.05, 4.69) is 22.1 Å². The number of hydrogen-bond donors (Lipinski definition) is 0. The minimum atomic E-state index is 0.156. The molecule has 7 heteroatoms. The SMILES string of the molecule is O=C(CSc1ncccn1)N1CCC[C@H](c2nc3ccccc3s2)C1. The summed E-state index contributed by atoms with van der Waals surface area (Å²) in [7, 11) is 0. The summed E-state index contributed by atoms with van der Waals surface area (Å²) < 4.78 is 1.22. The van der Waals surface area contributed by atoms with E-state index in [-0.39, 0.29) is 5.91 Å². The van der Waals surface area contributed by atoms with Gasteiger partial charge in [0.1, 0.15) is 0 Å². The lowest BCUT2D eigenvalue weighted by molar-refractivity contribution is -0.129. The topological polar surface area (TPSA) is 59.0 Å². The van der Waals surface area contributed by atoms with Gasteiger partial charge in [-0.25, -0.2) is 15.0 Å². The number of carbonyl (C=O) groups excluding carboxylic acids is 1. The maximum Gasteiger partial charge on any atom is 0.233 e. The normalized spacial score (nSPS) is 17.8. The van der Waals surface area contributed by atoms with E-state index >= 15 is 0 Å². The lowest BCUT2D eigenvalue weighted by atomic mass is 9.99. The number of hydrogen-bond acceptors (Lipinski definition) is 6. The third kappa shape index (κ3) is 3.82. The number of aromatic nitrogens is 3. The van der Waals surface area contributed by atoms with Crippen LogP contribution in [0.25, 0.3) is 10.2 Å². The highest BCUT2D eigenvalue weighted by atomic mass is 32.2. The first-order chi connectivity index (χ1) is 12.3. The maximum absolute atomic E-state index is 12.6. The van der Waals surface area contributed by atoms with E-state index in [1.54, 1.807) is 29.8 Å². The fourth-order valence-corrected chi connectivity index (χ4v) is 4.85. The summed E-state index contributed by atoms with van der Waals surface area (Å²) in [5, 5.41) is 1.80. The number of amides is 1. The van der Waals surface area contributed by atoms with E-state index < -0.39 is 0 Å². The van der Waals surface area contributed by atoms with E-state index in [1.807, 2.05) is 17.0 Å². The Morgan fingerprint density at radius 2 is 2.08 bits per heavy atom. The Morgan fingerprint density at radius 1 is 1.24 bits per heavy atom. The van der Waals surface area contributed by atoms with Gasteiger partial charge in [0.2, 0.25) is 5.91 Å². The largest absolute Gasteiger partial charge is 0.341 e. The molecule has 0 unspecified atom stereocenters. The number of fused-ring (bicyclic) bond motifs is 1. The Balaban J connectivity index is 1.41. The van der Waals surface area contributed by atoms with Gasteiger partial charge >= 0.3 is 0 Å². The standard InChI is InChI=1S/C18H18N4OS2/c23-16(12-24-18-19-8-4-9-20-18)22-10-3-5-13(11-22)17-21-14-6-1-2-7-15(14)25-17/h1-2,4,6-9,13H,3,5,10-12H2/t13-/m0/s1. The van der Waals surface area contributed by atoms with E-state index in [9.17, 15) is 4.79 Å². The molecule has 3 heterocycles. The van der Waals surface area contributed by atoms with Crippen molar-refractivity contribution < 1.29 is 4.79 Å². The van der Waals surface area contributed by atoms with Gasteiger partial charge in [-0.05, 0) is 31.0 Å². The Kier molecular flexibility index (Phi) is 4.94. The van der Waals surface area contributed by atoms with E-state index in [1.165, 1.54) is 16.5 Å². The van der Waals surface area contributed by atoms with Gasteiger partial charge in [0.15, 0.2) is 5.16 Å². The molecule has 1 atom stereocenters. The van der Waals surface area contributed by atoms with Gasteiger partial charge in [-0.2, -0.15) is 0 Å². The summed E-state index contributed by atoms with van der Waals surface area (Å²) in [6.07, 6.45) is 5.52.